The Morgan fingerprint density at radius 2 is 2.28 bits per heavy atom. The fraction of sp³-hybridized carbons (Fsp3) is 0.476. The second kappa shape index (κ2) is 7.96. The van der Waals surface area contributed by atoms with Gasteiger partial charge in [-0.05, 0) is 26.0 Å². The van der Waals surface area contributed by atoms with Crippen LogP contribution in [0.1, 0.15) is 36.8 Å². The molecule has 0 unspecified atom stereocenters. The highest BCUT2D eigenvalue weighted by Gasteiger charge is 2.55. The van der Waals surface area contributed by atoms with Crippen LogP contribution < -0.4 is 10.9 Å². The van der Waals surface area contributed by atoms with Crippen LogP contribution in [0.4, 0.5) is 0 Å². The zero-order valence-electron chi connectivity index (χ0n) is 16.6. The Morgan fingerprint density at radius 3 is 2.93 bits per heavy atom. The summed E-state index contributed by atoms with van der Waals surface area (Å²) in [5, 5.41) is 13.1. The zero-order valence-corrected chi connectivity index (χ0v) is 16.6. The summed E-state index contributed by atoms with van der Waals surface area (Å²) in [5.41, 5.74) is 2.19. The first-order valence-electron chi connectivity index (χ1n) is 9.98. The number of hydrogen-bond donors (Lipinski definition) is 2. The van der Waals surface area contributed by atoms with Crippen molar-refractivity contribution in [2.75, 3.05) is 13.2 Å². The maximum atomic E-state index is 12.9. The van der Waals surface area contributed by atoms with E-state index in [1.807, 2.05) is 32.1 Å². The molecular weight excluding hydrogens is 372 g/mol. The highest BCUT2D eigenvalue weighted by molar-refractivity contribution is 5.82. The molecule has 0 bridgehead atoms. The number of likely N-dealkylation sites (N-methyl/N-ethyl adjacent to an activating group) is 1. The number of oxazole rings is 1. The van der Waals surface area contributed by atoms with Gasteiger partial charge in [0.2, 0.25) is 5.91 Å². The molecule has 29 heavy (non-hydrogen) atoms. The fourth-order valence-electron chi connectivity index (χ4n) is 4.89. The third kappa shape index (κ3) is 3.22. The number of aliphatic hydroxyl groups is 1. The first kappa shape index (κ1) is 19.6. The number of amides is 1. The molecule has 0 spiro atoms. The molecule has 2 aliphatic heterocycles. The first-order chi connectivity index (χ1) is 14.1. The van der Waals surface area contributed by atoms with Crippen LogP contribution in [0, 0.1) is 11.8 Å². The predicted molar refractivity (Wildman–Crippen MR) is 107 cm³/mol. The molecule has 2 aromatic rings. The number of fused-ring (bicyclic) bond motifs is 3. The zero-order chi connectivity index (χ0) is 20.5. The standard InChI is InChI=1S/C21H26N4O4/c1-3-5-13-6-7-17-18-15(9-24(17)21(13)28)16(10-26)19(20(27)22-4-2)25(18)8-14-11-29-12-23-14/h3,5-7,11-12,15-16,18-19,26H,4,8-10H2,1-2H3,(H,22,27)/b5-3-/t15-,16-,18+,19-/m1/s1. The van der Waals surface area contributed by atoms with Gasteiger partial charge in [0.05, 0.1) is 17.8 Å². The Kier molecular flexibility index (Phi) is 5.38. The Bertz CT molecular complexity index is 966. The largest absolute Gasteiger partial charge is 0.451 e. The molecule has 0 aliphatic carbocycles. The van der Waals surface area contributed by atoms with Crippen molar-refractivity contribution in [1.29, 1.82) is 0 Å². The first-order valence-corrected chi connectivity index (χ1v) is 9.98. The SMILES string of the molecule is C/C=C\c1ccc2n(c1=O)C[C@@H]1[C@@H](CO)[C@H](C(=O)NCC)N(Cc3cocn3)[C@H]21. The van der Waals surface area contributed by atoms with Gasteiger partial charge in [-0.25, -0.2) is 4.98 Å². The van der Waals surface area contributed by atoms with Gasteiger partial charge >= 0.3 is 0 Å². The lowest BCUT2D eigenvalue weighted by Crippen LogP contribution is -2.48. The molecule has 2 aliphatic rings. The summed E-state index contributed by atoms with van der Waals surface area (Å²) in [6.07, 6.45) is 6.58. The summed E-state index contributed by atoms with van der Waals surface area (Å²) in [6, 6.07) is 3.15. The average molecular weight is 398 g/mol. The number of carbonyl (C=O) groups is 1. The summed E-state index contributed by atoms with van der Waals surface area (Å²) in [4.78, 5) is 32.1. The predicted octanol–water partition coefficient (Wildman–Crippen LogP) is 1.17. The maximum Gasteiger partial charge on any atom is 0.258 e. The molecule has 8 heteroatoms. The molecule has 0 saturated carbocycles. The minimum Gasteiger partial charge on any atom is -0.451 e. The number of nitrogens with one attached hydrogen (secondary N) is 1. The lowest BCUT2D eigenvalue weighted by molar-refractivity contribution is -0.127. The van der Waals surface area contributed by atoms with E-state index in [1.165, 1.54) is 6.39 Å². The van der Waals surface area contributed by atoms with Crippen molar-refractivity contribution in [1.82, 2.24) is 19.8 Å². The van der Waals surface area contributed by atoms with Crippen molar-refractivity contribution in [3.63, 3.8) is 0 Å². The number of carbonyl (C=O) groups excluding carboxylic acids is 1. The molecule has 1 saturated heterocycles. The maximum absolute atomic E-state index is 12.9. The molecule has 0 aromatic carbocycles. The van der Waals surface area contributed by atoms with E-state index < -0.39 is 6.04 Å². The molecule has 1 fully saturated rings. The molecule has 4 atom stereocenters. The van der Waals surface area contributed by atoms with E-state index in [1.54, 1.807) is 16.9 Å². The third-order valence-corrected chi connectivity index (χ3v) is 6.01. The van der Waals surface area contributed by atoms with E-state index in [0.29, 0.717) is 30.9 Å². The van der Waals surface area contributed by atoms with Gasteiger partial charge < -0.3 is 19.4 Å². The van der Waals surface area contributed by atoms with Crippen molar-refractivity contribution in [3.8, 4) is 0 Å². The van der Waals surface area contributed by atoms with Gasteiger partial charge in [-0.15, -0.1) is 0 Å². The van der Waals surface area contributed by atoms with Crippen LogP contribution in [-0.2, 0) is 17.9 Å². The van der Waals surface area contributed by atoms with Gasteiger partial charge in [0.25, 0.3) is 5.56 Å². The van der Waals surface area contributed by atoms with Crippen LogP contribution in [0.15, 0.2) is 40.1 Å². The Labute approximate surface area is 168 Å². The molecule has 8 nitrogen and oxygen atoms in total. The molecule has 2 aromatic heterocycles. The van der Waals surface area contributed by atoms with Crippen molar-refractivity contribution in [2.24, 2.45) is 11.8 Å². The minimum absolute atomic E-state index is 0.0342. The molecule has 4 heterocycles. The topological polar surface area (TPSA) is 101 Å². The molecule has 1 amide bonds. The lowest BCUT2D eigenvalue weighted by Gasteiger charge is -2.30. The number of likely N-dealkylation sites (tertiary alicyclic amines) is 1. The van der Waals surface area contributed by atoms with E-state index >= 15 is 0 Å². The summed E-state index contributed by atoms with van der Waals surface area (Å²) in [6.45, 7) is 5.04. The van der Waals surface area contributed by atoms with Crippen LogP contribution in [0.25, 0.3) is 6.08 Å². The second-order valence-corrected chi connectivity index (χ2v) is 7.58. The fourth-order valence-corrected chi connectivity index (χ4v) is 4.89. The summed E-state index contributed by atoms with van der Waals surface area (Å²) in [7, 11) is 0. The summed E-state index contributed by atoms with van der Waals surface area (Å²) in [5.74, 6) is -0.417. The second-order valence-electron chi connectivity index (χ2n) is 7.58. The van der Waals surface area contributed by atoms with E-state index in [-0.39, 0.29) is 36.0 Å². The molecule has 2 N–H and O–H groups in total. The van der Waals surface area contributed by atoms with Gasteiger partial charge in [0.15, 0.2) is 6.39 Å². The van der Waals surface area contributed by atoms with Gasteiger partial charge in [-0.1, -0.05) is 12.2 Å². The number of aliphatic hydroxyl groups excluding tert-OH is 1. The molecular formula is C21H26N4O4. The van der Waals surface area contributed by atoms with Crippen molar-refractivity contribution in [2.45, 2.75) is 39.0 Å². The van der Waals surface area contributed by atoms with Crippen molar-refractivity contribution >= 4 is 12.0 Å². The summed E-state index contributed by atoms with van der Waals surface area (Å²) < 4.78 is 6.90. The number of nitrogens with zero attached hydrogens (tertiary/aromatic N) is 3. The molecule has 154 valence electrons. The van der Waals surface area contributed by atoms with Crippen molar-refractivity contribution < 1.29 is 14.3 Å². The van der Waals surface area contributed by atoms with E-state index in [2.05, 4.69) is 15.2 Å². The highest BCUT2D eigenvalue weighted by Crippen LogP contribution is 2.49. The normalized spacial score (nSPS) is 26.0. The van der Waals surface area contributed by atoms with Gasteiger partial charge in [0, 0.05) is 49.3 Å². The molecule has 4 rings (SSSR count). The quantitative estimate of drug-likeness (QED) is 0.758. The Hall–Kier alpha value is -2.71. The Balaban J connectivity index is 1.79. The van der Waals surface area contributed by atoms with Crippen LogP contribution in [-0.4, -0.2) is 44.7 Å². The van der Waals surface area contributed by atoms with Gasteiger partial charge in [-0.2, -0.15) is 0 Å². The number of rotatable bonds is 6. The average Bonchev–Trinajstić information content (AvgIpc) is 3.40. The Morgan fingerprint density at radius 1 is 1.45 bits per heavy atom. The smallest absolute Gasteiger partial charge is 0.258 e. The van der Waals surface area contributed by atoms with Crippen LogP contribution in [0.5, 0.6) is 0 Å². The van der Waals surface area contributed by atoms with Gasteiger partial charge in [0.1, 0.15) is 6.26 Å². The van der Waals surface area contributed by atoms with Crippen LogP contribution in [0.2, 0.25) is 0 Å². The van der Waals surface area contributed by atoms with E-state index in [4.69, 9.17) is 4.42 Å². The molecule has 0 radical (unpaired) electrons. The lowest BCUT2D eigenvalue weighted by atomic mass is 9.88. The minimum atomic E-state index is -0.495. The monoisotopic (exact) mass is 398 g/mol. The highest BCUT2D eigenvalue weighted by atomic mass is 16.3. The number of hydrogen-bond acceptors (Lipinski definition) is 6. The van der Waals surface area contributed by atoms with Crippen molar-refractivity contribution in [3.05, 3.63) is 58.2 Å². The van der Waals surface area contributed by atoms with Crippen LogP contribution in [0.3, 0.4) is 0 Å². The number of aromatic nitrogens is 2. The van der Waals surface area contributed by atoms with E-state index in [0.717, 1.165) is 5.69 Å². The number of pyridine rings is 1. The number of allylic oxidation sites excluding steroid dienone is 1. The third-order valence-electron chi connectivity index (χ3n) is 6.01. The summed E-state index contributed by atoms with van der Waals surface area (Å²) >= 11 is 0. The van der Waals surface area contributed by atoms with E-state index in [9.17, 15) is 14.7 Å². The van der Waals surface area contributed by atoms with Gasteiger partial charge in [-0.3, -0.25) is 14.5 Å². The van der Waals surface area contributed by atoms with Crippen LogP contribution >= 0.6 is 0 Å².